The summed E-state index contributed by atoms with van der Waals surface area (Å²) in [6.45, 7) is 8.74. The minimum Gasteiger partial charge on any atom is -0.393 e. The predicted molar refractivity (Wildman–Crippen MR) is 142 cm³/mol. The molecule has 1 aromatic rings. The molecule has 4 nitrogen and oxygen atoms in total. The summed E-state index contributed by atoms with van der Waals surface area (Å²) < 4.78 is 38.5. The largest absolute Gasteiger partial charge is 0.393 e. The molecule has 6 atom stereocenters. The summed E-state index contributed by atoms with van der Waals surface area (Å²) in [4.78, 5) is 0.196. The van der Waals surface area contributed by atoms with E-state index in [1.165, 1.54) is 36.3 Å². The van der Waals surface area contributed by atoms with E-state index >= 15 is 0 Å². The monoisotopic (exact) mass is 516 g/mol. The number of aliphatic hydroxyl groups is 2. The average molecular weight is 517 g/mol. The van der Waals surface area contributed by atoms with Gasteiger partial charge in [-0.15, -0.1) is 0 Å². The zero-order valence-electron chi connectivity index (χ0n) is 21.6. The first-order valence-corrected chi connectivity index (χ1v) is 15.1. The Hall–Kier alpha value is -1.76. The second-order valence-corrected chi connectivity index (χ2v) is 13.7. The summed E-state index contributed by atoms with van der Waals surface area (Å²) >= 11 is 0. The highest BCUT2D eigenvalue weighted by atomic mass is 32.2. The van der Waals surface area contributed by atoms with Gasteiger partial charge in [-0.2, -0.15) is 0 Å². The zero-order valence-corrected chi connectivity index (χ0v) is 22.4. The molecule has 4 rings (SSSR count). The van der Waals surface area contributed by atoms with Crippen LogP contribution < -0.4 is 0 Å². The summed E-state index contributed by atoms with van der Waals surface area (Å²) in [5.41, 5.74) is 3.35. The number of hydrogen-bond acceptors (Lipinski definition) is 4. The molecule has 2 N–H and O–H groups in total. The van der Waals surface area contributed by atoms with Crippen LogP contribution in [0.3, 0.4) is 0 Å². The van der Waals surface area contributed by atoms with Crippen molar-refractivity contribution in [3.63, 3.8) is 0 Å². The first-order chi connectivity index (χ1) is 17.0. The van der Waals surface area contributed by atoms with Gasteiger partial charge in [0.15, 0.2) is 9.84 Å². The van der Waals surface area contributed by atoms with E-state index in [0.717, 1.165) is 43.3 Å². The Kier molecular flexibility index (Phi) is 8.28. The molecule has 0 aliphatic heterocycles. The fourth-order valence-electron chi connectivity index (χ4n) is 7.24. The lowest BCUT2D eigenvalue weighted by atomic mass is 9.61. The molecule has 1 aromatic carbocycles. The topological polar surface area (TPSA) is 74.6 Å². The highest BCUT2D eigenvalue weighted by Crippen LogP contribution is 2.59. The van der Waals surface area contributed by atoms with Gasteiger partial charge in [-0.05, 0) is 110 Å². The van der Waals surface area contributed by atoms with Gasteiger partial charge in [-0.1, -0.05) is 38.2 Å². The van der Waals surface area contributed by atoms with Crippen LogP contribution in [0.4, 0.5) is 4.39 Å². The van der Waals surface area contributed by atoms with Crippen molar-refractivity contribution in [2.24, 2.45) is 23.2 Å². The van der Waals surface area contributed by atoms with Gasteiger partial charge >= 0.3 is 0 Å². The maximum atomic E-state index is 13.2. The molecule has 0 unspecified atom stereocenters. The predicted octanol–water partition coefficient (Wildman–Crippen LogP) is 6.16. The van der Waals surface area contributed by atoms with Crippen molar-refractivity contribution in [1.29, 1.82) is 0 Å². The maximum absolute atomic E-state index is 13.2. The molecule has 3 aliphatic carbocycles. The van der Waals surface area contributed by atoms with Gasteiger partial charge in [-0.3, -0.25) is 0 Å². The van der Waals surface area contributed by atoms with E-state index in [2.05, 4.69) is 32.6 Å². The molecule has 0 saturated heterocycles. The molecule has 36 heavy (non-hydrogen) atoms. The van der Waals surface area contributed by atoms with Gasteiger partial charge < -0.3 is 10.2 Å². The van der Waals surface area contributed by atoms with Crippen molar-refractivity contribution < 1.29 is 23.0 Å². The Balaban J connectivity index is 1.40. The van der Waals surface area contributed by atoms with E-state index in [0.29, 0.717) is 37.0 Å². The number of benzene rings is 1. The van der Waals surface area contributed by atoms with Crippen molar-refractivity contribution in [1.82, 2.24) is 0 Å². The Labute approximate surface area is 215 Å². The summed E-state index contributed by atoms with van der Waals surface area (Å²) in [5.74, 6) is 1.17. The molecule has 0 aromatic heterocycles. The van der Waals surface area contributed by atoms with Crippen molar-refractivity contribution in [2.75, 3.05) is 5.75 Å². The van der Waals surface area contributed by atoms with E-state index in [1.807, 2.05) is 0 Å². The van der Waals surface area contributed by atoms with Crippen LogP contribution >= 0.6 is 0 Å². The number of hydrogen-bond donors (Lipinski definition) is 2. The molecule has 0 radical (unpaired) electrons. The molecule has 0 amide bonds. The zero-order chi connectivity index (χ0) is 26.1. The highest BCUT2D eigenvalue weighted by molar-refractivity contribution is 7.91. The van der Waals surface area contributed by atoms with Gasteiger partial charge in [0.25, 0.3) is 0 Å². The van der Waals surface area contributed by atoms with E-state index in [-0.39, 0.29) is 16.1 Å². The van der Waals surface area contributed by atoms with Crippen LogP contribution in [0.2, 0.25) is 0 Å². The number of fused-ring (bicyclic) bond motifs is 1. The van der Waals surface area contributed by atoms with Crippen LogP contribution in [0, 0.1) is 29.0 Å². The smallest absolute Gasteiger partial charge is 0.178 e. The minimum atomic E-state index is -3.40. The molecular formula is C30H41FO4S. The van der Waals surface area contributed by atoms with E-state index in [1.54, 1.807) is 0 Å². The summed E-state index contributed by atoms with van der Waals surface area (Å²) in [6, 6.07) is 5.11. The molecule has 3 saturated carbocycles. The van der Waals surface area contributed by atoms with E-state index in [4.69, 9.17) is 0 Å². The number of rotatable bonds is 7. The number of sulfone groups is 1. The first kappa shape index (κ1) is 27.3. The lowest BCUT2D eigenvalue weighted by molar-refractivity contribution is 0.0861. The quantitative estimate of drug-likeness (QED) is 0.426. The average Bonchev–Trinajstić information content (AvgIpc) is 3.18. The minimum absolute atomic E-state index is 0.0934. The number of halogens is 1. The summed E-state index contributed by atoms with van der Waals surface area (Å²) in [6.07, 6.45) is 11.2. The van der Waals surface area contributed by atoms with Gasteiger partial charge in [0, 0.05) is 6.42 Å². The second-order valence-electron chi connectivity index (χ2n) is 11.6. The molecule has 0 spiro atoms. The molecule has 3 aliphatic rings. The lowest BCUT2D eigenvalue weighted by Crippen LogP contribution is -2.36. The Morgan fingerprint density at radius 2 is 1.92 bits per heavy atom. The fourth-order valence-corrected chi connectivity index (χ4v) is 8.57. The molecule has 0 heterocycles. The van der Waals surface area contributed by atoms with Crippen molar-refractivity contribution in [2.45, 2.75) is 88.7 Å². The molecule has 0 bridgehead atoms. The molecular weight excluding hydrogens is 475 g/mol. The third-order valence-corrected chi connectivity index (χ3v) is 11.1. The van der Waals surface area contributed by atoms with E-state index in [9.17, 15) is 23.0 Å². The molecule has 3 fully saturated rings. The standard InChI is InChI=1S/C30H41FO4S/c1-20(6-5-17-36(34,35)26-12-10-24(31)11-13-26)27-14-15-28-22(7-4-16-30(27,28)3)8-9-23-18-25(32)19-29(33)21(23)2/h8-13,20,25,27-29,32-33H,2,4-7,14-19H2,1,3H3/b22-8+,23-9-/t20-,25+,27-,28+,29-,30-/m1/s1. The summed E-state index contributed by atoms with van der Waals surface area (Å²) in [5, 5.41) is 20.2. The molecule has 198 valence electrons. The normalized spacial score (nSPS) is 34.2. The van der Waals surface area contributed by atoms with Crippen LogP contribution in [0.5, 0.6) is 0 Å². The lowest BCUT2D eigenvalue weighted by Gasteiger charge is -2.44. The van der Waals surface area contributed by atoms with Crippen LogP contribution in [0.1, 0.15) is 71.6 Å². The first-order valence-electron chi connectivity index (χ1n) is 13.4. The van der Waals surface area contributed by atoms with Crippen molar-refractivity contribution in [3.8, 4) is 0 Å². The van der Waals surface area contributed by atoms with Crippen LogP contribution in [-0.4, -0.2) is 36.6 Å². The SMILES string of the molecule is C=C1/C(=C\C=C2/CCC[C@]3(C)[C@@H]([C@H](C)CCCS(=O)(=O)c4ccc(F)cc4)CC[C@@H]23)C[C@H](O)C[C@H]1O. The van der Waals surface area contributed by atoms with Crippen LogP contribution in [0.15, 0.2) is 64.6 Å². The third kappa shape index (κ3) is 5.71. The molecule has 6 heteroatoms. The van der Waals surface area contributed by atoms with Gasteiger partial charge in [0.05, 0.1) is 22.9 Å². The van der Waals surface area contributed by atoms with Gasteiger partial charge in [0.1, 0.15) is 5.82 Å². The Morgan fingerprint density at radius 3 is 2.64 bits per heavy atom. The Bertz CT molecular complexity index is 1120. The third-order valence-electron chi connectivity index (χ3n) is 9.23. The number of allylic oxidation sites excluding steroid dienone is 3. The van der Waals surface area contributed by atoms with Crippen molar-refractivity contribution in [3.05, 3.63) is 65.5 Å². The maximum Gasteiger partial charge on any atom is 0.178 e. The van der Waals surface area contributed by atoms with Gasteiger partial charge in [0.2, 0.25) is 0 Å². The van der Waals surface area contributed by atoms with Crippen LogP contribution in [-0.2, 0) is 9.84 Å². The number of aliphatic hydroxyl groups excluding tert-OH is 2. The van der Waals surface area contributed by atoms with E-state index < -0.39 is 27.9 Å². The van der Waals surface area contributed by atoms with Crippen LogP contribution in [0.25, 0.3) is 0 Å². The summed E-state index contributed by atoms with van der Waals surface area (Å²) in [7, 11) is -3.40. The Morgan fingerprint density at radius 1 is 1.19 bits per heavy atom. The fraction of sp³-hybridized carbons (Fsp3) is 0.600. The van der Waals surface area contributed by atoms with Gasteiger partial charge in [-0.25, -0.2) is 12.8 Å². The highest BCUT2D eigenvalue weighted by Gasteiger charge is 2.50. The second kappa shape index (κ2) is 10.9. The van der Waals surface area contributed by atoms with Crippen molar-refractivity contribution >= 4 is 9.84 Å².